The van der Waals surface area contributed by atoms with Gasteiger partial charge in [0, 0.05) is 65.1 Å². The van der Waals surface area contributed by atoms with Crippen molar-refractivity contribution in [2.24, 2.45) is 5.92 Å². The van der Waals surface area contributed by atoms with Crippen molar-refractivity contribution in [3.8, 4) is 0 Å². The van der Waals surface area contributed by atoms with Gasteiger partial charge < -0.3 is 14.5 Å². The Hall–Kier alpha value is -1.43. The summed E-state index contributed by atoms with van der Waals surface area (Å²) in [5.41, 5.74) is 2.13. The van der Waals surface area contributed by atoms with Crippen LogP contribution in [0.2, 0.25) is 0 Å². The SMILES string of the molecule is COCCC[C@@H]1CCCN(C(=O)c2ccc(CN3CCN(C)CC3)cc2)C1. The van der Waals surface area contributed by atoms with Gasteiger partial charge in [0.1, 0.15) is 0 Å². The maximum atomic E-state index is 12.9. The third-order valence-corrected chi connectivity index (χ3v) is 5.97. The summed E-state index contributed by atoms with van der Waals surface area (Å²) >= 11 is 0. The topological polar surface area (TPSA) is 36.0 Å². The van der Waals surface area contributed by atoms with Crippen molar-refractivity contribution in [3.63, 3.8) is 0 Å². The number of likely N-dealkylation sites (N-methyl/N-ethyl adjacent to an activating group) is 1. The van der Waals surface area contributed by atoms with Gasteiger partial charge >= 0.3 is 0 Å². The number of methoxy groups -OCH3 is 1. The highest BCUT2D eigenvalue weighted by Crippen LogP contribution is 2.22. The molecule has 0 radical (unpaired) electrons. The number of piperazine rings is 1. The van der Waals surface area contributed by atoms with Crippen LogP contribution in [0.1, 0.15) is 41.6 Å². The molecule has 2 saturated heterocycles. The second-order valence-corrected chi connectivity index (χ2v) is 8.17. The van der Waals surface area contributed by atoms with Crippen LogP contribution in [0.25, 0.3) is 0 Å². The zero-order valence-electron chi connectivity index (χ0n) is 17.0. The Balaban J connectivity index is 1.50. The largest absolute Gasteiger partial charge is 0.385 e. The monoisotopic (exact) mass is 373 g/mol. The van der Waals surface area contributed by atoms with Gasteiger partial charge in [0.25, 0.3) is 5.91 Å². The molecule has 2 aliphatic rings. The minimum Gasteiger partial charge on any atom is -0.385 e. The Morgan fingerprint density at radius 1 is 1.11 bits per heavy atom. The first kappa shape index (κ1) is 20.3. The van der Waals surface area contributed by atoms with Crippen LogP contribution in [0.15, 0.2) is 24.3 Å². The van der Waals surface area contributed by atoms with Crippen LogP contribution in [-0.2, 0) is 11.3 Å². The van der Waals surface area contributed by atoms with E-state index in [4.69, 9.17) is 4.74 Å². The third-order valence-electron chi connectivity index (χ3n) is 5.97. The molecule has 1 amide bonds. The molecule has 0 saturated carbocycles. The highest BCUT2D eigenvalue weighted by molar-refractivity contribution is 5.94. The van der Waals surface area contributed by atoms with Gasteiger partial charge in [-0.2, -0.15) is 0 Å². The molecule has 0 bridgehead atoms. The van der Waals surface area contributed by atoms with Crippen LogP contribution in [0, 0.1) is 5.92 Å². The molecule has 3 rings (SSSR count). The number of rotatable bonds is 7. The average Bonchev–Trinajstić information content (AvgIpc) is 2.70. The lowest BCUT2D eigenvalue weighted by molar-refractivity contribution is 0.0660. The van der Waals surface area contributed by atoms with Crippen molar-refractivity contribution >= 4 is 5.91 Å². The summed E-state index contributed by atoms with van der Waals surface area (Å²) < 4.78 is 5.16. The number of hydrogen-bond acceptors (Lipinski definition) is 4. The summed E-state index contributed by atoms with van der Waals surface area (Å²) in [6.07, 6.45) is 4.59. The zero-order chi connectivity index (χ0) is 19.1. The Morgan fingerprint density at radius 3 is 2.56 bits per heavy atom. The Labute approximate surface area is 164 Å². The molecule has 1 aromatic carbocycles. The first-order chi connectivity index (χ1) is 13.2. The van der Waals surface area contributed by atoms with Gasteiger partial charge in [-0.1, -0.05) is 12.1 Å². The number of carbonyl (C=O) groups is 1. The first-order valence-corrected chi connectivity index (χ1v) is 10.4. The van der Waals surface area contributed by atoms with E-state index < -0.39 is 0 Å². The van der Waals surface area contributed by atoms with Gasteiger partial charge in [-0.25, -0.2) is 0 Å². The fourth-order valence-electron chi connectivity index (χ4n) is 4.20. The molecule has 1 atom stereocenters. The van der Waals surface area contributed by atoms with Crippen LogP contribution in [0.5, 0.6) is 0 Å². The number of amides is 1. The number of carbonyl (C=O) groups excluding carboxylic acids is 1. The molecule has 150 valence electrons. The van der Waals surface area contributed by atoms with E-state index in [1.165, 1.54) is 12.0 Å². The molecule has 0 unspecified atom stereocenters. The van der Waals surface area contributed by atoms with E-state index in [1.54, 1.807) is 7.11 Å². The molecule has 2 aliphatic heterocycles. The maximum absolute atomic E-state index is 12.9. The smallest absolute Gasteiger partial charge is 0.253 e. The van der Waals surface area contributed by atoms with Crippen molar-refractivity contribution in [2.75, 3.05) is 60.0 Å². The number of likely N-dealkylation sites (tertiary alicyclic amines) is 1. The van der Waals surface area contributed by atoms with Gasteiger partial charge in [-0.15, -0.1) is 0 Å². The number of piperidine rings is 1. The second kappa shape index (κ2) is 10.2. The van der Waals surface area contributed by atoms with Gasteiger partial charge in [0.15, 0.2) is 0 Å². The van der Waals surface area contributed by atoms with Crippen LogP contribution < -0.4 is 0 Å². The average molecular weight is 374 g/mol. The van der Waals surface area contributed by atoms with Gasteiger partial charge in [-0.3, -0.25) is 9.69 Å². The van der Waals surface area contributed by atoms with E-state index in [0.717, 1.165) is 77.2 Å². The molecule has 0 N–H and O–H groups in total. The van der Waals surface area contributed by atoms with E-state index in [1.807, 2.05) is 12.1 Å². The first-order valence-electron chi connectivity index (χ1n) is 10.4. The molecule has 0 aromatic heterocycles. The normalized spacial score (nSPS) is 22.1. The minimum absolute atomic E-state index is 0.192. The van der Waals surface area contributed by atoms with Crippen LogP contribution in [-0.4, -0.2) is 80.6 Å². The lowest BCUT2D eigenvalue weighted by atomic mass is 9.93. The molecule has 27 heavy (non-hydrogen) atoms. The number of ether oxygens (including phenoxy) is 1. The summed E-state index contributed by atoms with van der Waals surface area (Å²) in [5, 5.41) is 0. The Morgan fingerprint density at radius 2 is 1.85 bits per heavy atom. The second-order valence-electron chi connectivity index (χ2n) is 8.17. The third kappa shape index (κ3) is 6.03. The van der Waals surface area contributed by atoms with Crippen molar-refractivity contribution < 1.29 is 9.53 Å². The molecule has 5 heteroatoms. The van der Waals surface area contributed by atoms with Gasteiger partial charge in [0.05, 0.1) is 0 Å². The number of hydrogen-bond donors (Lipinski definition) is 0. The van der Waals surface area contributed by atoms with E-state index in [9.17, 15) is 4.79 Å². The van der Waals surface area contributed by atoms with E-state index in [-0.39, 0.29) is 5.91 Å². The lowest BCUT2D eigenvalue weighted by Crippen LogP contribution is -2.43. The van der Waals surface area contributed by atoms with Crippen molar-refractivity contribution in [1.82, 2.24) is 14.7 Å². The predicted molar refractivity (Wildman–Crippen MR) is 109 cm³/mol. The van der Waals surface area contributed by atoms with Crippen molar-refractivity contribution in [3.05, 3.63) is 35.4 Å². The van der Waals surface area contributed by atoms with Gasteiger partial charge in [0.2, 0.25) is 0 Å². The molecular formula is C22H35N3O2. The fraction of sp³-hybridized carbons (Fsp3) is 0.682. The van der Waals surface area contributed by atoms with E-state index in [2.05, 4.69) is 33.9 Å². The Bertz CT molecular complexity index is 582. The van der Waals surface area contributed by atoms with Crippen LogP contribution in [0.3, 0.4) is 0 Å². The summed E-state index contributed by atoms with van der Waals surface area (Å²) in [4.78, 5) is 19.8. The quantitative estimate of drug-likeness (QED) is 0.689. The molecule has 2 fully saturated rings. The Kier molecular flexibility index (Phi) is 7.68. The van der Waals surface area contributed by atoms with Crippen LogP contribution in [0.4, 0.5) is 0 Å². The van der Waals surface area contributed by atoms with E-state index >= 15 is 0 Å². The van der Waals surface area contributed by atoms with E-state index in [0.29, 0.717) is 5.92 Å². The molecule has 1 aromatic rings. The van der Waals surface area contributed by atoms with Crippen molar-refractivity contribution in [2.45, 2.75) is 32.2 Å². The van der Waals surface area contributed by atoms with Crippen molar-refractivity contribution in [1.29, 1.82) is 0 Å². The summed E-state index contributed by atoms with van der Waals surface area (Å²) in [5.74, 6) is 0.812. The molecule has 5 nitrogen and oxygen atoms in total. The maximum Gasteiger partial charge on any atom is 0.253 e. The molecule has 0 aliphatic carbocycles. The summed E-state index contributed by atoms with van der Waals surface area (Å²) in [6.45, 7) is 8.10. The molecule has 2 heterocycles. The predicted octanol–water partition coefficient (Wildman–Crippen LogP) is 2.71. The molecular weight excluding hydrogens is 338 g/mol. The molecule has 0 spiro atoms. The number of benzene rings is 1. The fourth-order valence-corrected chi connectivity index (χ4v) is 4.20. The highest BCUT2D eigenvalue weighted by atomic mass is 16.5. The zero-order valence-corrected chi connectivity index (χ0v) is 17.0. The van der Waals surface area contributed by atoms with Gasteiger partial charge in [-0.05, 0) is 56.3 Å². The van der Waals surface area contributed by atoms with Crippen LogP contribution >= 0.6 is 0 Å². The summed E-state index contributed by atoms with van der Waals surface area (Å²) in [6, 6.07) is 8.29. The standard InChI is InChI=1S/C22H35N3O2/c1-23-12-14-24(15-13-23)17-20-7-9-21(10-8-20)22(26)25-11-3-5-19(18-25)6-4-16-27-2/h7-10,19H,3-6,11-18H2,1-2H3/t19-/m0/s1. The minimum atomic E-state index is 0.192. The summed E-state index contributed by atoms with van der Waals surface area (Å²) in [7, 11) is 3.94. The number of nitrogens with zero attached hydrogens (tertiary/aromatic N) is 3. The highest BCUT2D eigenvalue weighted by Gasteiger charge is 2.24. The lowest BCUT2D eigenvalue weighted by Gasteiger charge is -2.33.